The summed E-state index contributed by atoms with van der Waals surface area (Å²) in [4.78, 5) is 27.8. The molecule has 1 unspecified atom stereocenters. The maximum atomic E-state index is 13.9. The SMILES string of the molecule is CCCCNC(=O)C(CC)N(Cc1c(Cl)cccc1Cl)C(=O)CN(c1ccc(F)c(F)c1)S(C)(=O)=O. The molecule has 1 atom stereocenters. The van der Waals surface area contributed by atoms with E-state index in [2.05, 4.69) is 5.32 Å². The summed E-state index contributed by atoms with van der Waals surface area (Å²) in [7, 11) is -4.09. The number of carbonyl (C=O) groups is 2. The molecule has 0 saturated carbocycles. The molecule has 1 N–H and O–H groups in total. The van der Waals surface area contributed by atoms with Gasteiger partial charge in [0.1, 0.15) is 12.6 Å². The number of amides is 2. The molecule has 0 spiro atoms. The van der Waals surface area contributed by atoms with Gasteiger partial charge in [0.2, 0.25) is 21.8 Å². The zero-order valence-electron chi connectivity index (χ0n) is 20.2. The van der Waals surface area contributed by atoms with Crippen LogP contribution in [0.15, 0.2) is 36.4 Å². The zero-order valence-corrected chi connectivity index (χ0v) is 22.6. The highest BCUT2D eigenvalue weighted by Crippen LogP contribution is 2.28. The first-order valence-corrected chi connectivity index (χ1v) is 13.9. The molecule has 0 aliphatic heterocycles. The molecule has 0 aromatic heterocycles. The van der Waals surface area contributed by atoms with E-state index in [1.807, 2.05) is 6.92 Å². The topological polar surface area (TPSA) is 86.8 Å². The maximum absolute atomic E-state index is 13.9. The van der Waals surface area contributed by atoms with Crippen molar-refractivity contribution in [1.29, 1.82) is 0 Å². The van der Waals surface area contributed by atoms with Crippen molar-refractivity contribution in [3.63, 3.8) is 0 Å². The van der Waals surface area contributed by atoms with Gasteiger partial charge in [-0.2, -0.15) is 0 Å². The summed E-state index contributed by atoms with van der Waals surface area (Å²) >= 11 is 12.6. The van der Waals surface area contributed by atoms with Crippen LogP contribution >= 0.6 is 23.2 Å². The van der Waals surface area contributed by atoms with Crippen LogP contribution in [0.5, 0.6) is 0 Å². The normalized spacial score (nSPS) is 12.2. The van der Waals surface area contributed by atoms with Gasteiger partial charge in [-0.25, -0.2) is 17.2 Å². The average molecular weight is 564 g/mol. The number of hydrogen-bond donors (Lipinski definition) is 1. The van der Waals surface area contributed by atoms with E-state index < -0.39 is 46.1 Å². The van der Waals surface area contributed by atoms with Crippen molar-refractivity contribution < 1.29 is 26.8 Å². The molecule has 12 heteroatoms. The van der Waals surface area contributed by atoms with Crippen LogP contribution in [0.4, 0.5) is 14.5 Å². The number of carbonyl (C=O) groups excluding carboxylic acids is 2. The van der Waals surface area contributed by atoms with Gasteiger partial charge in [-0.3, -0.25) is 13.9 Å². The van der Waals surface area contributed by atoms with Gasteiger partial charge < -0.3 is 10.2 Å². The van der Waals surface area contributed by atoms with Gasteiger partial charge in [0, 0.05) is 34.8 Å². The summed E-state index contributed by atoms with van der Waals surface area (Å²) in [5, 5.41) is 3.32. The number of rotatable bonds is 12. The fourth-order valence-corrected chi connectivity index (χ4v) is 4.89. The molecule has 0 heterocycles. The monoisotopic (exact) mass is 563 g/mol. The Hall–Kier alpha value is -2.43. The lowest BCUT2D eigenvalue weighted by Gasteiger charge is -2.33. The number of hydrogen-bond acceptors (Lipinski definition) is 4. The average Bonchev–Trinajstić information content (AvgIpc) is 2.80. The largest absolute Gasteiger partial charge is 0.354 e. The first kappa shape index (κ1) is 29.8. The van der Waals surface area contributed by atoms with Crippen LogP contribution in [0.2, 0.25) is 10.0 Å². The third-order valence-electron chi connectivity index (χ3n) is 5.48. The van der Waals surface area contributed by atoms with E-state index in [1.165, 1.54) is 4.90 Å². The lowest BCUT2D eigenvalue weighted by Crippen LogP contribution is -2.52. The fraction of sp³-hybridized carbons (Fsp3) is 0.417. The summed E-state index contributed by atoms with van der Waals surface area (Å²) in [6.07, 6.45) is 2.65. The van der Waals surface area contributed by atoms with E-state index >= 15 is 0 Å². The standard InChI is InChI=1S/C24H29Cl2F2N3O4S/c1-4-6-12-29-24(33)22(5-2)30(14-17-18(25)8-7-9-19(17)26)23(32)15-31(36(3,34)35)16-10-11-20(27)21(28)13-16/h7-11,13,22H,4-6,12,14-15H2,1-3H3,(H,29,33). The van der Waals surface area contributed by atoms with Gasteiger partial charge in [-0.05, 0) is 37.1 Å². The number of unbranched alkanes of at least 4 members (excludes halogenated alkanes) is 1. The van der Waals surface area contributed by atoms with Crippen LogP contribution in [0.25, 0.3) is 0 Å². The van der Waals surface area contributed by atoms with Gasteiger partial charge >= 0.3 is 0 Å². The Balaban J connectivity index is 2.48. The Labute approximate surface area is 220 Å². The molecular weight excluding hydrogens is 535 g/mol. The summed E-state index contributed by atoms with van der Waals surface area (Å²) in [6, 6.07) is 6.34. The number of anilines is 1. The predicted molar refractivity (Wildman–Crippen MR) is 138 cm³/mol. The van der Waals surface area contributed by atoms with Crippen molar-refractivity contribution in [3.8, 4) is 0 Å². The third-order valence-corrected chi connectivity index (χ3v) is 7.32. The van der Waals surface area contributed by atoms with Crippen molar-refractivity contribution in [2.24, 2.45) is 0 Å². The fourth-order valence-electron chi connectivity index (χ4n) is 3.53. The summed E-state index contributed by atoms with van der Waals surface area (Å²) in [6.45, 7) is 3.15. The van der Waals surface area contributed by atoms with Crippen LogP contribution in [-0.4, -0.2) is 50.5 Å². The second kappa shape index (κ2) is 13.2. The van der Waals surface area contributed by atoms with Crippen molar-refractivity contribution in [2.45, 2.75) is 45.7 Å². The van der Waals surface area contributed by atoms with E-state index in [4.69, 9.17) is 23.2 Å². The Bertz CT molecular complexity index is 1180. The smallest absolute Gasteiger partial charge is 0.244 e. The highest BCUT2D eigenvalue weighted by Gasteiger charge is 2.32. The zero-order chi connectivity index (χ0) is 27.0. The van der Waals surface area contributed by atoms with Crippen LogP contribution in [0.1, 0.15) is 38.7 Å². The second-order valence-corrected chi connectivity index (χ2v) is 10.9. The van der Waals surface area contributed by atoms with Crippen molar-refractivity contribution in [3.05, 3.63) is 63.6 Å². The molecule has 0 radical (unpaired) electrons. The summed E-state index contributed by atoms with van der Waals surface area (Å²) in [5.41, 5.74) is 0.147. The number of benzene rings is 2. The second-order valence-electron chi connectivity index (χ2n) is 8.16. The van der Waals surface area contributed by atoms with Crippen molar-refractivity contribution in [1.82, 2.24) is 10.2 Å². The number of nitrogens with zero attached hydrogens (tertiary/aromatic N) is 2. The highest BCUT2D eigenvalue weighted by atomic mass is 35.5. The van der Waals surface area contributed by atoms with Crippen LogP contribution in [-0.2, 0) is 26.2 Å². The van der Waals surface area contributed by atoms with E-state index in [-0.39, 0.29) is 28.7 Å². The molecule has 0 aliphatic rings. The molecule has 2 aromatic rings. The Morgan fingerprint density at radius 1 is 1.06 bits per heavy atom. The number of nitrogens with one attached hydrogen (secondary N) is 1. The van der Waals surface area contributed by atoms with E-state index in [1.54, 1.807) is 25.1 Å². The van der Waals surface area contributed by atoms with Gasteiger partial charge in [-0.15, -0.1) is 0 Å². The number of halogens is 4. The molecular formula is C24H29Cl2F2N3O4S. The number of sulfonamides is 1. The molecule has 2 aromatic carbocycles. The highest BCUT2D eigenvalue weighted by molar-refractivity contribution is 7.92. The minimum Gasteiger partial charge on any atom is -0.354 e. The van der Waals surface area contributed by atoms with Gasteiger partial charge in [-0.1, -0.05) is 49.5 Å². The summed E-state index contributed by atoms with van der Waals surface area (Å²) < 4.78 is 53.0. The molecule has 0 aliphatic carbocycles. The molecule has 2 amide bonds. The molecule has 0 fully saturated rings. The Morgan fingerprint density at radius 3 is 2.22 bits per heavy atom. The third kappa shape index (κ3) is 7.78. The van der Waals surface area contributed by atoms with E-state index in [0.29, 0.717) is 22.5 Å². The van der Waals surface area contributed by atoms with Crippen molar-refractivity contribution >= 4 is 50.7 Å². The molecule has 198 valence electrons. The van der Waals surface area contributed by atoms with Gasteiger partial charge in [0.05, 0.1) is 11.9 Å². The van der Waals surface area contributed by atoms with Crippen molar-refractivity contribution in [2.75, 3.05) is 23.7 Å². The van der Waals surface area contributed by atoms with E-state index in [9.17, 15) is 26.8 Å². The van der Waals surface area contributed by atoms with E-state index in [0.717, 1.165) is 31.2 Å². The first-order chi connectivity index (χ1) is 16.9. The lowest BCUT2D eigenvalue weighted by atomic mass is 10.1. The molecule has 2 rings (SSSR count). The minimum atomic E-state index is -4.09. The molecule has 0 bridgehead atoms. The summed E-state index contributed by atoms with van der Waals surface area (Å²) in [5.74, 6) is -3.60. The predicted octanol–water partition coefficient (Wildman–Crippen LogP) is 4.76. The molecule has 36 heavy (non-hydrogen) atoms. The van der Waals surface area contributed by atoms with Crippen LogP contribution in [0, 0.1) is 11.6 Å². The lowest BCUT2D eigenvalue weighted by molar-refractivity contribution is -0.140. The molecule has 0 saturated heterocycles. The minimum absolute atomic E-state index is 0.174. The van der Waals surface area contributed by atoms with Gasteiger partial charge in [0.25, 0.3) is 0 Å². The quantitative estimate of drug-likeness (QED) is 0.377. The first-order valence-electron chi connectivity index (χ1n) is 11.3. The Morgan fingerprint density at radius 2 is 1.69 bits per heavy atom. The maximum Gasteiger partial charge on any atom is 0.244 e. The van der Waals surface area contributed by atoms with Crippen LogP contribution < -0.4 is 9.62 Å². The Kier molecular flexibility index (Phi) is 10.9. The van der Waals surface area contributed by atoms with Crippen LogP contribution in [0.3, 0.4) is 0 Å². The molecule has 7 nitrogen and oxygen atoms in total. The van der Waals surface area contributed by atoms with Gasteiger partial charge in [0.15, 0.2) is 11.6 Å².